The molecule has 0 aromatic heterocycles. The summed E-state index contributed by atoms with van der Waals surface area (Å²) < 4.78 is 8.88. The molecule has 0 heterocycles. The van der Waals surface area contributed by atoms with Crippen molar-refractivity contribution in [2.24, 2.45) is 0 Å². The van der Waals surface area contributed by atoms with Crippen LogP contribution < -0.4 is 0 Å². The summed E-state index contributed by atoms with van der Waals surface area (Å²) in [5.74, 6) is 0. The molecule has 0 aliphatic carbocycles. The molecule has 0 unspecified atom stereocenters. The molecule has 6 N–H and O–H groups in total. The van der Waals surface area contributed by atoms with E-state index in [9.17, 15) is 0 Å². The van der Waals surface area contributed by atoms with Crippen LogP contribution >= 0.6 is 7.82 Å². The second-order valence-corrected chi connectivity index (χ2v) is 1.89. The van der Waals surface area contributed by atoms with Gasteiger partial charge in [0, 0.05) is 0 Å². The van der Waals surface area contributed by atoms with Crippen LogP contribution in [0.15, 0.2) is 0 Å². The van der Waals surface area contributed by atoms with E-state index in [1.54, 1.807) is 0 Å². The Kier molecular flexibility index (Phi) is 44.1. The Balaban J connectivity index is -0.0000000221. The third-order valence-electron chi connectivity index (χ3n) is 0. The Hall–Kier alpha value is 4.33. The molecule has 0 bridgehead atoms. The monoisotopic (exact) mass is 264 g/mol. The van der Waals surface area contributed by atoms with E-state index in [0.717, 1.165) is 0 Å². The Morgan fingerprint density at radius 2 is 0.917 bits per heavy atom. The van der Waals surface area contributed by atoms with Gasteiger partial charge >= 0.3 is 147 Å². The molecule has 0 aliphatic rings. The summed E-state index contributed by atoms with van der Waals surface area (Å²) in [4.78, 5) is 21.6. The van der Waals surface area contributed by atoms with E-state index in [0.29, 0.717) is 0 Å². The van der Waals surface area contributed by atoms with Crippen LogP contribution in [0.3, 0.4) is 0 Å². The average Bonchev–Trinajstić information content (AvgIpc) is 1.19. The summed E-state index contributed by atoms with van der Waals surface area (Å²) in [6.07, 6.45) is 0. The molecule has 12 heteroatoms. The van der Waals surface area contributed by atoms with E-state index in [1.165, 1.54) is 0 Å². The fourth-order valence-corrected chi connectivity index (χ4v) is 0. The molecule has 0 aromatic carbocycles. The van der Waals surface area contributed by atoms with Crippen LogP contribution in [0.2, 0.25) is 0 Å². The summed E-state index contributed by atoms with van der Waals surface area (Å²) in [6, 6.07) is 0. The first-order valence-corrected chi connectivity index (χ1v) is 3.12. The Morgan fingerprint density at radius 3 is 0.917 bits per heavy atom. The van der Waals surface area contributed by atoms with Gasteiger partial charge in [-0.05, 0) is 0 Å². The number of hydrogen-bond acceptors (Lipinski definition) is 4. The van der Waals surface area contributed by atoms with Crippen molar-refractivity contribution in [3.63, 3.8) is 0 Å². The molecule has 62 valence electrons. The van der Waals surface area contributed by atoms with Gasteiger partial charge in [0.1, 0.15) is 0 Å². The van der Waals surface area contributed by atoms with E-state index in [4.69, 9.17) is 34.3 Å². The standard InChI is InChI=1S/BH3O3.2K.Na.H3O4P.3H/c2-1(3)4;;;;1-5(2,3)4;;;/h2-4H;;;;(H3,1,2,3,4);;;. The number of hydrogen-bond donors (Lipinski definition) is 6. The van der Waals surface area contributed by atoms with E-state index >= 15 is 0 Å². The van der Waals surface area contributed by atoms with Crippen LogP contribution in [-0.2, 0) is 4.57 Å². The van der Waals surface area contributed by atoms with Gasteiger partial charge in [0.25, 0.3) is 0 Å². The zero-order chi connectivity index (χ0) is 8.08. The fourth-order valence-electron chi connectivity index (χ4n) is 0. The average molecular weight is 264 g/mol. The third-order valence-corrected chi connectivity index (χ3v) is 0. The van der Waals surface area contributed by atoms with Gasteiger partial charge in [-0.1, -0.05) is 0 Å². The quantitative estimate of drug-likeness (QED) is 0.190. The van der Waals surface area contributed by atoms with E-state index in [-0.39, 0.29) is 132 Å². The fraction of sp³-hybridized carbons (Fsp3) is 0. The van der Waals surface area contributed by atoms with Crippen molar-refractivity contribution in [3.05, 3.63) is 0 Å². The molecule has 12 heavy (non-hydrogen) atoms. The van der Waals surface area contributed by atoms with Crippen LogP contribution in [-0.4, -0.2) is 169 Å². The van der Waals surface area contributed by atoms with E-state index < -0.39 is 15.1 Å². The topological polar surface area (TPSA) is 138 Å². The molecule has 0 fully saturated rings. The van der Waals surface area contributed by atoms with Gasteiger partial charge in [0.05, 0.1) is 0 Å². The van der Waals surface area contributed by atoms with Gasteiger partial charge in [-0.15, -0.1) is 0 Å². The molecule has 0 atom stereocenters. The second-order valence-electron chi connectivity index (χ2n) is 0.860. The summed E-state index contributed by atoms with van der Waals surface area (Å²) in [6.45, 7) is 0. The van der Waals surface area contributed by atoms with Crippen molar-refractivity contribution in [1.82, 2.24) is 0 Å². The van der Waals surface area contributed by atoms with Crippen molar-refractivity contribution in [2.45, 2.75) is 0 Å². The first-order valence-electron chi connectivity index (χ1n) is 1.56. The van der Waals surface area contributed by atoms with Gasteiger partial charge < -0.3 is 29.8 Å². The van der Waals surface area contributed by atoms with Gasteiger partial charge in [0.2, 0.25) is 0 Å². The molecule has 0 aromatic rings. The Morgan fingerprint density at radius 1 is 0.917 bits per heavy atom. The molecule has 0 spiro atoms. The van der Waals surface area contributed by atoms with Crippen LogP contribution in [0.5, 0.6) is 0 Å². The predicted molar refractivity (Wildman–Crippen MR) is 48.1 cm³/mol. The second kappa shape index (κ2) is 17.7. The molecule has 0 saturated carbocycles. The van der Waals surface area contributed by atoms with Crippen molar-refractivity contribution in [1.29, 1.82) is 0 Å². The maximum absolute atomic E-state index is 8.88. The number of rotatable bonds is 0. The van der Waals surface area contributed by atoms with Gasteiger partial charge in [-0.3, -0.25) is 0 Å². The van der Waals surface area contributed by atoms with Gasteiger partial charge in [0.15, 0.2) is 0 Å². The zero-order valence-electron chi connectivity index (χ0n) is 4.12. The molecule has 0 amide bonds. The normalized spacial score (nSPS) is 7.17. The van der Waals surface area contributed by atoms with Crippen molar-refractivity contribution < 1.29 is 34.3 Å². The molecular formula is H9BK2NaO7P. The van der Waals surface area contributed by atoms with Crippen LogP contribution in [0.25, 0.3) is 0 Å². The summed E-state index contributed by atoms with van der Waals surface area (Å²) >= 11 is 0. The number of phosphoric acid groups is 1. The van der Waals surface area contributed by atoms with Gasteiger partial charge in [-0.2, -0.15) is 0 Å². The predicted octanol–water partition coefficient (Wildman–Crippen LogP) is -4.93. The zero-order valence-corrected chi connectivity index (χ0v) is 5.01. The third kappa shape index (κ3) is 136. The molecular weight excluding hydrogens is 255 g/mol. The maximum atomic E-state index is 8.88. The summed E-state index contributed by atoms with van der Waals surface area (Å²) in [5.41, 5.74) is 0. The minimum absolute atomic E-state index is 0. The van der Waals surface area contributed by atoms with E-state index in [1.807, 2.05) is 0 Å². The van der Waals surface area contributed by atoms with Crippen LogP contribution in [0, 0.1) is 0 Å². The first kappa shape index (κ1) is 29.9. The Bertz CT molecular complexity index is 92.6. The molecule has 7 nitrogen and oxygen atoms in total. The van der Waals surface area contributed by atoms with Crippen LogP contribution in [0.4, 0.5) is 0 Å². The van der Waals surface area contributed by atoms with E-state index in [2.05, 4.69) is 0 Å². The van der Waals surface area contributed by atoms with Crippen molar-refractivity contribution in [2.75, 3.05) is 0 Å². The summed E-state index contributed by atoms with van der Waals surface area (Å²) in [7, 11) is -6.81. The minimum atomic E-state index is -4.64. The van der Waals surface area contributed by atoms with Crippen LogP contribution in [0.1, 0.15) is 0 Å². The van der Waals surface area contributed by atoms with Crippen molar-refractivity contribution in [3.8, 4) is 0 Å². The Labute approximate surface area is 177 Å². The molecule has 0 rings (SSSR count). The summed E-state index contributed by atoms with van der Waals surface area (Å²) in [5, 5.41) is 21.5. The first-order chi connectivity index (χ1) is 3.73. The molecule has 0 saturated heterocycles. The van der Waals surface area contributed by atoms with Gasteiger partial charge in [-0.25, -0.2) is 4.57 Å². The van der Waals surface area contributed by atoms with Crippen molar-refractivity contribution >= 4 is 147 Å². The molecule has 0 aliphatic heterocycles. The SMILES string of the molecule is O=P(O)(O)O.OB(O)O.[KH].[KH].[NaH]. The molecule has 0 radical (unpaired) electrons.